The molecule has 0 N–H and O–H groups in total. The van der Waals surface area contributed by atoms with Crippen LogP contribution in [0.1, 0.15) is 27.0 Å². The van der Waals surface area contributed by atoms with Crippen molar-refractivity contribution in [3.63, 3.8) is 0 Å². The molecule has 0 radical (unpaired) electrons. The minimum atomic E-state index is -3.62. The third kappa shape index (κ3) is 3.39. The smallest absolute Gasteiger partial charge is 0.186 e. The third-order valence-corrected chi connectivity index (χ3v) is 5.21. The van der Waals surface area contributed by atoms with E-state index >= 15 is 0 Å². The van der Waals surface area contributed by atoms with Gasteiger partial charge in [-0.1, -0.05) is 35.9 Å². The summed E-state index contributed by atoms with van der Waals surface area (Å²) in [6, 6.07) is 12.2. The van der Waals surface area contributed by atoms with E-state index in [1.165, 1.54) is 0 Å². The van der Waals surface area contributed by atoms with Gasteiger partial charge in [-0.15, -0.1) is 0 Å². The molecule has 110 valence electrons. The highest BCUT2D eigenvalue weighted by atomic mass is 32.2. The van der Waals surface area contributed by atoms with E-state index in [4.69, 9.17) is 0 Å². The molecule has 0 fully saturated rings. The second-order valence-electron chi connectivity index (χ2n) is 5.27. The lowest BCUT2D eigenvalue weighted by Crippen LogP contribution is -2.18. The summed E-state index contributed by atoms with van der Waals surface area (Å²) in [7, 11) is -3.62. The molecule has 0 spiro atoms. The first-order chi connectivity index (χ1) is 9.81. The van der Waals surface area contributed by atoms with Crippen molar-refractivity contribution < 1.29 is 13.2 Å². The number of Topliss-reactive ketones (excluding diaryl/α,β-unsaturated/α-hetero) is 1. The van der Waals surface area contributed by atoms with Gasteiger partial charge in [-0.25, -0.2) is 8.42 Å². The second kappa shape index (κ2) is 5.82. The third-order valence-electron chi connectivity index (χ3n) is 3.44. The van der Waals surface area contributed by atoms with Gasteiger partial charge in [0.25, 0.3) is 0 Å². The zero-order chi connectivity index (χ0) is 15.6. The van der Waals surface area contributed by atoms with Crippen LogP contribution in [0.25, 0.3) is 0 Å². The Bertz CT molecular complexity index is 789. The fourth-order valence-electron chi connectivity index (χ4n) is 2.27. The number of hydrogen-bond acceptors (Lipinski definition) is 3. The highest BCUT2D eigenvalue weighted by Gasteiger charge is 2.22. The molecule has 0 saturated heterocycles. The molecule has 0 aliphatic carbocycles. The molecule has 0 bridgehead atoms. The predicted molar refractivity (Wildman–Crippen MR) is 83.5 cm³/mol. The topological polar surface area (TPSA) is 51.2 Å². The van der Waals surface area contributed by atoms with Crippen LogP contribution in [0.5, 0.6) is 0 Å². The molecular weight excluding hydrogens is 284 g/mol. The number of sulfone groups is 1. The Hall–Kier alpha value is -1.94. The van der Waals surface area contributed by atoms with Crippen LogP contribution in [0, 0.1) is 20.8 Å². The van der Waals surface area contributed by atoms with Crippen LogP contribution >= 0.6 is 0 Å². The van der Waals surface area contributed by atoms with Crippen LogP contribution in [0.3, 0.4) is 0 Å². The number of aryl methyl sites for hydroxylation is 3. The van der Waals surface area contributed by atoms with Gasteiger partial charge in [-0.2, -0.15) is 0 Å². The molecule has 0 amide bonds. The van der Waals surface area contributed by atoms with Gasteiger partial charge in [0.2, 0.25) is 0 Å². The van der Waals surface area contributed by atoms with Gasteiger partial charge in [0.05, 0.1) is 4.90 Å². The van der Waals surface area contributed by atoms with Gasteiger partial charge >= 0.3 is 0 Å². The van der Waals surface area contributed by atoms with Crippen LogP contribution in [0.2, 0.25) is 0 Å². The van der Waals surface area contributed by atoms with E-state index < -0.39 is 15.6 Å². The van der Waals surface area contributed by atoms with E-state index in [0.717, 1.165) is 11.1 Å². The summed E-state index contributed by atoms with van der Waals surface area (Å²) in [5.74, 6) is -0.859. The Morgan fingerprint density at radius 3 is 2.29 bits per heavy atom. The molecule has 0 aliphatic heterocycles. The van der Waals surface area contributed by atoms with Crippen molar-refractivity contribution in [3.05, 3.63) is 64.7 Å². The first kappa shape index (κ1) is 15.4. The highest BCUT2D eigenvalue weighted by molar-refractivity contribution is 7.92. The molecule has 0 saturated carbocycles. The molecule has 0 heterocycles. The van der Waals surface area contributed by atoms with Gasteiger partial charge in [0.1, 0.15) is 5.75 Å². The van der Waals surface area contributed by atoms with Crippen LogP contribution in [0.4, 0.5) is 0 Å². The average molecular weight is 302 g/mol. The Labute approximate surface area is 125 Å². The molecule has 2 aromatic carbocycles. The average Bonchev–Trinajstić information content (AvgIpc) is 2.41. The Kier molecular flexibility index (Phi) is 4.28. The number of benzene rings is 2. The largest absolute Gasteiger partial charge is 0.293 e. The lowest BCUT2D eigenvalue weighted by atomic mass is 10.0. The quantitative estimate of drug-likeness (QED) is 0.815. The molecular formula is C17H18O3S. The lowest BCUT2D eigenvalue weighted by molar-refractivity contribution is 0.102. The van der Waals surface area contributed by atoms with Gasteiger partial charge < -0.3 is 0 Å². The van der Waals surface area contributed by atoms with E-state index in [2.05, 4.69) is 0 Å². The molecule has 0 aliphatic rings. The summed E-state index contributed by atoms with van der Waals surface area (Å²) in [5.41, 5.74) is 2.88. The molecule has 0 atom stereocenters. The first-order valence-corrected chi connectivity index (χ1v) is 8.35. The van der Waals surface area contributed by atoms with Crippen molar-refractivity contribution in [2.45, 2.75) is 25.7 Å². The lowest BCUT2D eigenvalue weighted by Gasteiger charge is -2.09. The van der Waals surface area contributed by atoms with Gasteiger partial charge in [-0.3, -0.25) is 4.79 Å². The number of rotatable bonds is 4. The van der Waals surface area contributed by atoms with Crippen molar-refractivity contribution in [3.8, 4) is 0 Å². The zero-order valence-electron chi connectivity index (χ0n) is 12.4. The standard InChI is InChI=1S/C17H18O3S/c1-12-8-9-13(2)15(10-12)16(18)11-21(19,20)17-7-5-4-6-14(17)3/h4-10H,11H2,1-3H3. The molecule has 21 heavy (non-hydrogen) atoms. The van der Waals surface area contributed by atoms with E-state index in [-0.39, 0.29) is 10.7 Å². The van der Waals surface area contributed by atoms with E-state index in [1.54, 1.807) is 37.3 Å². The number of hydrogen-bond donors (Lipinski definition) is 0. The SMILES string of the molecule is Cc1ccc(C)c(C(=O)CS(=O)(=O)c2ccccc2C)c1. The van der Waals surface area contributed by atoms with Gasteiger partial charge in [0, 0.05) is 5.56 Å². The van der Waals surface area contributed by atoms with Gasteiger partial charge in [-0.05, 0) is 44.0 Å². The maximum atomic E-state index is 12.4. The van der Waals surface area contributed by atoms with Crippen LogP contribution in [0.15, 0.2) is 47.4 Å². The van der Waals surface area contributed by atoms with E-state index in [1.807, 2.05) is 26.0 Å². The fraction of sp³-hybridized carbons (Fsp3) is 0.235. The monoisotopic (exact) mass is 302 g/mol. The summed E-state index contributed by atoms with van der Waals surface area (Å²) in [4.78, 5) is 12.6. The van der Waals surface area contributed by atoms with Crippen LogP contribution < -0.4 is 0 Å². The molecule has 0 aromatic heterocycles. The van der Waals surface area contributed by atoms with Crippen LogP contribution in [-0.2, 0) is 9.84 Å². The second-order valence-corrected chi connectivity index (χ2v) is 7.22. The summed E-state index contributed by atoms with van der Waals surface area (Å²) in [5, 5.41) is 0. The number of carbonyl (C=O) groups is 1. The van der Waals surface area contributed by atoms with Crippen molar-refractivity contribution >= 4 is 15.6 Å². The minimum Gasteiger partial charge on any atom is -0.293 e. The van der Waals surface area contributed by atoms with Crippen LogP contribution in [-0.4, -0.2) is 20.0 Å². The fourth-order valence-corrected chi connectivity index (χ4v) is 3.77. The Morgan fingerprint density at radius 2 is 1.62 bits per heavy atom. The molecule has 0 unspecified atom stereocenters. The summed E-state index contributed by atoms with van der Waals surface area (Å²) in [6.45, 7) is 5.42. The maximum absolute atomic E-state index is 12.4. The van der Waals surface area contributed by atoms with Crippen molar-refractivity contribution in [2.75, 3.05) is 5.75 Å². The molecule has 3 nitrogen and oxygen atoms in total. The first-order valence-electron chi connectivity index (χ1n) is 6.70. The molecule has 2 rings (SSSR count). The molecule has 4 heteroatoms. The summed E-state index contributed by atoms with van der Waals surface area (Å²) >= 11 is 0. The summed E-state index contributed by atoms with van der Waals surface area (Å²) in [6.07, 6.45) is 0. The van der Waals surface area contributed by atoms with Crippen molar-refractivity contribution in [1.82, 2.24) is 0 Å². The zero-order valence-corrected chi connectivity index (χ0v) is 13.2. The summed E-state index contributed by atoms with van der Waals surface area (Å²) < 4.78 is 24.8. The molecule has 2 aromatic rings. The minimum absolute atomic E-state index is 0.226. The van der Waals surface area contributed by atoms with E-state index in [9.17, 15) is 13.2 Å². The van der Waals surface area contributed by atoms with Crippen molar-refractivity contribution in [1.29, 1.82) is 0 Å². The Balaban J connectivity index is 2.35. The highest BCUT2D eigenvalue weighted by Crippen LogP contribution is 2.19. The van der Waals surface area contributed by atoms with E-state index in [0.29, 0.717) is 11.1 Å². The van der Waals surface area contributed by atoms with Gasteiger partial charge in [0.15, 0.2) is 15.6 Å². The number of ketones is 1. The Morgan fingerprint density at radius 1 is 0.952 bits per heavy atom. The normalized spacial score (nSPS) is 11.4. The number of carbonyl (C=O) groups excluding carboxylic acids is 1. The predicted octanol–water partition coefficient (Wildman–Crippen LogP) is 3.27. The van der Waals surface area contributed by atoms with Crippen molar-refractivity contribution in [2.24, 2.45) is 0 Å². The maximum Gasteiger partial charge on any atom is 0.186 e.